The van der Waals surface area contributed by atoms with Crippen LogP contribution in [0.25, 0.3) is 11.1 Å². The molecule has 0 saturated heterocycles. The summed E-state index contributed by atoms with van der Waals surface area (Å²) in [6, 6.07) is 19.1. The second-order valence-electron chi connectivity index (χ2n) is 7.40. The van der Waals surface area contributed by atoms with Crippen molar-refractivity contribution in [3.05, 3.63) is 93.5 Å². The summed E-state index contributed by atoms with van der Waals surface area (Å²) in [5.74, 6) is -0.913. The van der Waals surface area contributed by atoms with Crippen molar-refractivity contribution in [2.24, 2.45) is 0 Å². The number of aromatic carboxylic acids is 1. The number of carboxylic acids is 1. The van der Waals surface area contributed by atoms with E-state index in [4.69, 9.17) is 11.6 Å². The Kier molecular flexibility index (Phi) is 7.27. The molecular weight excluding hydrogens is 398 g/mol. The quantitative estimate of drug-likeness (QED) is 0.436. The lowest BCUT2D eigenvalue weighted by molar-refractivity contribution is 0.0694. The molecule has 0 bridgehead atoms. The molecule has 0 aromatic heterocycles. The monoisotopic (exact) mass is 423 g/mol. The molecule has 0 unspecified atom stereocenters. The van der Waals surface area contributed by atoms with Gasteiger partial charge in [-0.1, -0.05) is 54.1 Å². The van der Waals surface area contributed by atoms with Crippen LogP contribution < -0.4 is 5.32 Å². The van der Waals surface area contributed by atoms with Crippen molar-refractivity contribution < 1.29 is 15.0 Å². The molecule has 0 amide bonds. The maximum absolute atomic E-state index is 11.9. The minimum absolute atomic E-state index is 0.360. The Hall–Kier alpha value is -2.66. The number of carboxylic acid groups (broad SMARTS) is 1. The molecule has 0 fully saturated rings. The molecule has 1 atom stereocenters. The second-order valence-corrected chi connectivity index (χ2v) is 7.84. The molecule has 0 saturated carbocycles. The number of benzene rings is 3. The van der Waals surface area contributed by atoms with Gasteiger partial charge in [-0.05, 0) is 78.4 Å². The molecule has 0 aliphatic carbocycles. The Morgan fingerprint density at radius 3 is 2.43 bits per heavy atom. The van der Waals surface area contributed by atoms with E-state index in [0.717, 1.165) is 33.4 Å². The fraction of sp³-hybridized carbons (Fsp3) is 0.240. The van der Waals surface area contributed by atoms with E-state index in [2.05, 4.69) is 5.32 Å². The molecule has 0 spiro atoms. The van der Waals surface area contributed by atoms with Crippen LogP contribution in [0.4, 0.5) is 0 Å². The molecule has 4 nitrogen and oxygen atoms in total. The number of halogens is 1. The lowest BCUT2D eigenvalue weighted by Gasteiger charge is -2.17. The molecule has 0 radical (unpaired) electrons. The Morgan fingerprint density at radius 1 is 1.03 bits per heavy atom. The van der Waals surface area contributed by atoms with Gasteiger partial charge in [0.2, 0.25) is 0 Å². The highest BCUT2D eigenvalue weighted by Crippen LogP contribution is 2.30. The Labute approximate surface area is 182 Å². The van der Waals surface area contributed by atoms with Gasteiger partial charge in [-0.2, -0.15) is 0 Å². The normalized spacial score (nSPS) is 12.0. The molecular formula is C25H26ClNO3. The van der Waals surface area contributed by atoms with E-state index in [1.54, 1.807) is 18.2 Å². The van der Waals surface area contributed by atoms with Crippen LogP contribution in [0.15, 0.2) is 60.7 Å². The summed E-state index contributed by atoms with van der Waals surface area (Å²) in [6.45, 7) is 4.74. The highest BCUT2D eigenvalue weighted by Gasteiger charge is 2.18. The standard InChI is InChI=1S/C25H26ClNO3/c1-16-17(2)24(25(29)30)20(14-22(16)18-7-4-3-5-8-18)11-12-27-15-23(28)19-9-6-10-21(26)13-19/h3-10,13-14,23,27-28H,11-12,15H2,1-2H3,(H,29,30)/t23-/m0/s1. The minimum Gasteiger partial charge on any atom is -0.478 e. The van der Waals surface area contributed by atoms with Crippen LogP contribution in [-0.4, -0.2) is 29.3 Å². The summed E-state index contributed by atoms with van der Waals surface area (Å²) in [7, 11) is 0. The van der Waals surface area contributed by atoms with Crippen LogP contribution in [0.3, 0.4) is 0 Å². The van der Waals surface area contributed by atoms with E-state index in [1.807, 2.05) is 56.3 Å². The van der Waals surface area contributed by atoms with E-state index in [-0.39, 0.29) is 0 Å². The summed E-state index contributed by atoms with van der Waals surface area (Å²) in [5, 5.41) is 23.9. The molecule has 3 aromatic rings. The number of rotatable bonds is 8. The smallest absolute Gasteiger partial charge is 0.336 e. The first-order chi connectivity index (χ1) is 14.4. The first-order valence-electron chi connectivity index (χ1n) is 9.94. The van der Waals surface area contributed by atoms with Crippen LogP contribution in [0, 0.1) is 13.8 Å². The summed E-state index contributed by atoms with van der Waals surface area (Å²) in [5.41, 5.74) is 5.79. The fourth-order valence-corrected chi connectivity index (χ4v) is 3.89. The van der Waals surface area contributed by atoms with Gasteiger partial charge in [0.05, 0.1) is 11.7 Å². The second kappa shape index (κ2) is 9.90. The average Bonchev–Trinajstić information content (AvgIpc) is 2.73. The van der Waals surface area contributed by atoms with Gasteiger partial charge in [0.25, 0.3) is 0 Å². The van der Waals surface area contributed by atoms with Crippen LogP contribution in [0.5, 0.6) is 0 Å². The molecule has 5 heteroatoms. The summed E-state index contributed by atoms with van der Waals surface area (Å²) < 4.78 is 0. The number of nitrogens with one attached hydrogen (secondary N) is 1. The highest BCUT2D eigenvalue weighted by molar-refractivity contribution is 6.30. The van der Waals surface area contributed by atoms with Gasteiger partial charge in [-0.3, -0.25) is 0 Å². The highest BCUT2D eigenvalue weighted by atomic mass is 35.5. The zero-order valence-electron chi connectivity index (χ0n) is 17.2. The van der Waals surface area contributed by atoms with Gasteiger partial charge in [0, 0.05) is 11.6 Å². The van der Waals surface area contributed by atoms with Gasteiger partial charge in [-0.15, -0.1) is 0 Å². The van der Waals surface area contributed by atoms with Gasteiger partial charge in [0.15, 0.2) is 0 Å². The van der Waals surface area contributed by atoms with E-state index < -0.39 is 12.1 Å². The van der Waals surface area contributed by atoms with Crippen molar-refractivity contribution in [2.45, 2.75) is 26.4 Å². The summed E-state index contributed by atoms with van der Waals surface area (Å²) >= 11 is 5.98. The molecule has 0 aliphatic rings. The van der Waals surface area contributed by atoms with Crippen molar-refractivity contribution in [1.82, 2.24) is 5.32 Å². The molecule has 0 heterocycles. The van der Waals surface area contributed by atoms with Crippen molar-refractivity contribution in [1.29, 1.82) is 0 Å². The summed E-state index contributed by atoms with van der Waals surface area (Å²) in [4.78, 5) is 11.9. The van der Waals surface area contributed by atoms with Gasteiger partial charge >= 0.3 is 5.97 Å². The van der Waals surface area contributed by atoms with Crippen LogP contribution in [0.1, 0.15) is 38.7 Å². The molecule has 3 rings (SSSR count). The van der Waals surface area contributed by atoms with Crippen LogP contribution >= 0.6 is 11.6 Å². The lowest BCUT2D eigenvalue weighted by atomic mass is 9.88. The number of aliphatic hydroxyl groups is 1. The Morgan fingerprint density at radius 2 is 1.77 bits per heavy atom. The number of hydrogen-bond acceptors (Lipinski definition) is 3. The zero-order chi connectivity index (χ0) is 21.7. The van der Waals surface area contributed by atoms with E-state index in [0.29, 0.717) is 30.1 Å². The third-order valence-corrected chi connectivity index (χ3v) is 5.66. The molecule has 3 aromatic carbocycles. The third-order valence-electron chi connectivity index (χ3n) is 5.42. The molecule has 3 N–H and O–H groups in total. The number of hydrogen-bond donors (Lipinski definition) is 3. The predicted molar refractivity (Wildman–Crippen MR) is 121 cm³/mol. The molecule has 0 aliphatic heterocycles. The lowest BCUT2D eigenvalue weighted by Crippen LogP contribution is -2.24. The maximum atomic E-state index is 11.9. The minimum atomic E-state index is -0.913. The Balaban J connectivity index is 1.76. The fourth-order valence-electron chi connectivity index (χ4n) is 3.69. The third kappa shape index (κ3) is 5.08. The zero-order valence-corrected chi connectivity index (χ0v) is 17.9. The predicted octanol–water partition coefficient (Wildman–Crippen LogP) is 5.19. The van der Waals surface area contributed by atoms with Crippen LogP contribution in [0.2, 0.25) is 5.02 Å². The van der Waals surface area contributed by atoms with E-state index >= 15 is 0 Å². The topological polar surface area (TPSA) is 69.6 Å². The van der Waals surface area contributed by atoms with Gasteiger partial charge < -0.3 is 15.5 Å². The van der Waals surface area contributed by atoms with Gasteiger partial charge in [-0.25, -0.2) is 4.79 Å². The van der Waals surface area contributed by atoms with Crippen molar-refractivity contribution >= 4 is 17.6 Å². The molecule has 156 valence electrons. The van der Waals surface area contributed by atoms with E-state index in [9.17, 15) is 15.0 Å². The van der Waals surface area contributed by atoms with Crippen LogP contribution in [-0.2, 0) is 6.42 Å². The van der Waals surface area contributed by atoms with Gasteiger partial charge in [0.1, 0.15) is 0 Å². The van der Waals surface area contributed by atoms with Crippen molar-refractivity contribution in [2.75, 3.05) is 13.1 Å². The van der Waals surface area contributed by atoms with E-state index in [1.165, 1.54) is 0 Å². The largest absolute Gasteiger partial charge is 0.478 e. The SMILES string of the molecule is Cc1c(-c2ccccc2)cc(CCNC[C@H](O)c2cccc(Cl)c2)c(C(=O)O)c1C. The number of aliphatic hydroxyl groups excluding tert-OH is 1. The van der Waals surface area contributed by atoms with Crippen molar-refractivity contribution in [3.8, 4) is 11.1 Å². The summed E-state index contributed by atoms with van der Waals surface area (Å²) in [6.07, 6.45) is -0.132. The maximum Gasteiger partial charge on any atom is 0.336 e. The molecule has 30 heavy (non-hydrogen) atoms. The first-order valence-corrected chi connectivity index (χ1v) is 10.3. The Bertz CT molecular complexity index is 1030. The van der Waals surface area contributed by atoms with Crippen molar-refractivity contribution in [3.63, 3.8) is 0 Å². The first kappa shape index (κ1) is 22.0. The number of carbonyl (C=O) groups is 1. The average molecular weight is 424 g/mol.